The third kappa shape index (κ3) is 5.34. The van der Waals surface area contributed by atoms with Gasteiger partial charge in [-0.1, -0.05) is 30.3 Å². The van der Waals surface area contributed by atoms with E-state index in [-0.39, 0.29) is 11.9 Å². The molecule has 1 N–H and O–H groups in total. The van der Waals surface area contributed by atoms with Crippen LogP contribution in [0.3, 0.4) is 0 Å². The normalized spacial score (nSPS) is 23.7. The number of piperidine rings is 1. The van der Waals surface area contributed by atoms with Crippen molar-refractivity contribution in [1.29, 1.82) is 0 Å². The molecule has 3 aliphatic rings. The van der Waals surface area contributed by atoms with Crippen LogP contribution < -0.4 is 5.32 Å². The zero-order valence-corrected chi connectivity index (χ0v) is 16.8. The van der Waals surface area contributed by atoms with Crippen molar-refractivity contribution in [2.24, 2.45) is 11.8 Å². The van der Waals surface area contributed by atoms with Crippen LogP contribution in [0.4, 0.5) is 0 Å². The summed E-state index contributed by atoms with van der Waals surface area (Å²) >= 11 is 0. The molecule has 0 aromatic heterocycles. The number of hydrogen-bond acceptors (Lipinski definition) is 3. The van der Waals surface area contributed by atoms with Crippen molar-refractivity contribution < 1.29 is 9.59 Å². The highest BCUT2D eigenvalue weighted by atomic mass is 16.2. The molecule has 3 fully saturated rings. The summed E-state index contributed by atoms with van der Waals surface area (Å²) in [7, 11) is 0. The van der Waals surface area contributed by atoms with Crippen LogP contribution in [0.1, 0.15) is 50.5 Å². The molecule has 0 bridgehead atoms. The van der Waals surface area contributed by atoms with Crippen molar-refractivity contribution in [3.05, 3.63) is 35.9 Å². The van der Waals surface area contributed by atoms with E-state index in [0.717, 1.165) is 71.2 Å². The molecule has 152 valence electrons. The van der Waals surface area contributed by atoms with Crippen molar-refractivity contribution in [3.8, 4) is 0 Å². The molecular formula is C23H33N3O2. The van der Waals surface area contributed by atoms with Gasteiger partial charge < -0.3 is 10.2 Å². The van der Waals surface area contributed by atoms with E-state index in [9.17, 15) is 9.59 Å². The van der Waals surface area contributed by atoms with E-state index < -0.39 is 0 Å². The van der Waals surface area contributed by atoms with E-state index in [4.69, 9.17) is 0 Å². The Labute approximate surface area is 168 Å². The summed E-state index contributed by atoms with van der Waals surface area (Å²) in [6.07, 6.45) is 6.90. The Balaban J connectivity index is 1.11. The Hall–Kier alpha value is -1.88. The number of nitrogens with zero attached hydrogens (tertiary/aromatic N) is 2. The van der Waals surface area contributed by atoms with Crippen molar-refractivity contribution in [2.45, 2.75) is 57.5 Å². The van der Waals surface area contributed by atoms with E-state index in [1.165, 1.54) is 5.56 Å². The first-order valence-corrected chi connectivity index (χ1v) is 11.0. The third-order valence-corrected chi connectivity index (χ3v) is 6.52. The average Bonchev–Trinajstić information content (AvgIpc) is 3.48. The summed E-state index contributed by atoms with van der Waals surface area (Å²) in [5.41, 5.74) is 1.33. The summed E-state index contributed by atoms with van der Waals surface area (Å²) in [6, 6.07) is 10.8. The standard InChI is InChI=1S/C23H33N3O2/c27-22(9-6-18-10-14-26(15-11-18)23(28)20-7-8-20)24-21-12-13-25(17-21)16-19-4-2-1-3-5-19/h1-5,18,20-21H,6-17H2,(H,24,27)/t21-/m0/s1. The van der Waals surface area contributed by atoms with Gasteiger partial charge in [0.2, 0.25) is 11.8 Å². The predicted molar refractivity (Wildman–Crippen MR) is 110 cm³/mol. The summed E-state index contributed by atoms with van der Waals surface area (Å²) < 4.78 is 0. The summed E-state index contributed by atoms with van der Waals surface area (Å²) in [5.74, 6) is 1.49. The highest BCUT2D eigenvalue weighted by Crippen LogP contribution is 2.33. The van der Waals surface area contributed by atoms with Crippen LogP contribution in [0.25, 0.3) is 0 Å². The Morgan fingerprint density at radius 2 is 1.71 bits per heavy atom. The maximum absolute atomic E-state index is 12.4. The predicted octanol–water partition coefficient (Wildman–Crippen LogP) is 2.81. The fourth-order valence-corrected chi connectivity index (χ4v) is 4.60. The smallest absolute Gasteiger partial charge is 0.225 e. The molecule has 2 heterocycles. The van der Waals surface area contributed by atoms with Gasteiger partial charge in [0.05, 0.1) is 0 Å². The van der Waals surface area contributed by atoms with Crippen LogP contribution in [-0.4, -0.2) is 53.8 Å². The monoisotopic (exact) mass is 383 g/mol. The zero-order valence-electron chi connectivity index (χ0n) is 16.8. The van der Waals surface area contributed by atoms with Crippen molar-refractivity contribution in [3.63, 3.8) is 0 Å². The van der Waals surface area contributed by atoms with Crippen LogP contribution in [0.2, 0.25) is 0 Å². The van der Waals surface area contributed by atoms with Crippen LogP contribution >= 0.6 is 0 Å². The second kappa shape index (κ2) is 9.08. The Morgan fingerprint density at radius 1 is 0.964 bits per heavy atom. The van der Waals surface area contributed by atoms with Gasteiger partial charge in [0.1, 0.15) is 0 Å². The molecule has 0 unspecified atom stereocenters. The van der Waals surface area contributed by atoms with Crippen LogP contribution in [0.5, 0.6) is 0 Å². The molecule has 1 aliphatic carbocycles. The maximum atomic E-state index is 12.4. The SMILES string of the molecule is O=C(CCC1CCN(C(=O)C2CC2)CC1)N[C@H]1CCN(Cc2ccccc2)C1. The first-order chi connectivity index (χ1) is 13.7. The van der Waals surface area contributed by atoms with Gasteiger partial charge in [0.25, 0.3) is 0 Å². The second-order valence-electron chi connectivity index (χ2n) is 8.86. The van der Waals surface area contributed by atoms with Crippen molar-refractivity contribution in [1.82, 2.24) is 15.1 Å². The van der Waals surface area contributed by atoms with Gasteiger partial charge in [-0.05, 0) is 50.0 Å². The molecule has 1 saturated carbocycles. The molecule has 2 aliphatic heterocycles. The number of hydrogen-bond donors (Lipinski definition) is 1. The number of carbonyl (C=O) groups is 2. The molecule has 2 amide bonds. The molecule has 2 saturated heterocycles. The van der Waals surface area contributed by atoms with Gasteiger partial charge >= 0.3 is 0 Å². The summed E-state index contributed by atoms with van der Waals surface area (Å²) in [5, 5.41) is 3.24. The van der Waals surface area contributed by atoms with Crippen LogP contribution in [0, 0.1) is 11.8 Å². The minimum Gasteiger partial charge on any atom is -0.352 e. The first kappa shape index (κ1) is 19.4. The van der Waals surface area contributed by atoms with Gasteiger partial charge in [-0.15, -0.1) is 0 Å². The van der Waals surface area contributed by atoms with E-state index in [0.29, 0.717) is 24.2 Å². The molecular weight excluding hydrogens is 350 g/mol. The Kier molecular flexibility index (Phi) is 6.30. The molecule has 4 rings (SSSR count). The average molecular weight is 384 g/mol. The zero-order chi connectivity index (χ0) is 19.3. The molecule has 1 aromatic rings. The third-order valence-electron chi connectivity index (χ3n) is 6.52. The van der Waals surface area contributed by atoms with Crippen molar-refractivity contribution >= 4 is 11.8 Å². The largest absolute Gasteiger partial charge is 0.352 e. The number of benzene rings is 1. The van der Waals surface area contributed by atoms with Gasteiger partial charge in [0.15, 0.2) is 0 Å². The van der Waals surface area contributed by atoms with Gasteiger partial charge in [-0.2, -0.15) is 0 Å². The van der Waals surface area contributed by atoms with Gasteiger partial charge in [-0.25, -0.2) is 0 Å². The number of nitrogens with one attached hydrogen (secondary N) is 1. The topological polar surface area (TPSA) is 52.7 Å². The lowest BCUT2D eigenvalue weighted by Gasteiger charge is -2.32. The highest BCUT2D eigenvalue weighted by Gasteiger charge is 2.35. The molecule has 0 spiro atoms. The molecule has 28 heavy (non-hydrogen) atoms. The number of rotatable bonds is 7. The van der Waals surface area contributed by atoms with Crippen LogP contribution in [-0.2, 0) is 16.1 Å². The fourth-order valence-electron chi connectivity index (χ4n) is 4.60. The Bertz CT molecular complexity index is 666. The minimum absolute atomic E-state index is 0.197. The number of carbonyl (C=O) groups excluding carboxylic acids is 2. The van der Waals surface area contributed by atoms with Crippen molar-refractivity contribution in [2.75, 3.05) is 26.2 Å². The van der Waals surface area contributed by atoms with Gasteiger partial charge in [-0.3, -0.25) is 14.5 Å². The molecule has 1 atom stereocenters. The fraction of sp³-hybridized carbons (Fsp3) is 0.652. The first-order valence-electron chi connectivity index (χ1n) is 11.0. The number of amides is 2. The summed E-state index contributed by atoms with van der Waals surface area (Å²) in [4.78, 5) is 29.0. The van der Waals surface area contributed by atoms with E-state index in [1.807, 2.05) is 11.0 Å². The molecule has 5 heteroatoms. The van der Waals surface area contributed by atoms with E-state index in [1.54, 1.807) is 0 Å². The number of likely N-dealkylation sites (tertiary alicyclic amines) is 2. The molecule has 5 nitrogen and oxygen atoms in total. The molecule has 1 aromatic carbocycles. The van der Waals surface area contributed by atoms with Crippen LogP contribution in [0.15, 0.2) is 30.3 Å². The Morgan fingerprint density at radius 3 is 2.43 bits per heavy atom. The maximum Gasteiger partial charge on any atom is 0.225 e. The highest BCUT2D eigenvalue weighted by molar-refractivity contribution is 5.81. The minimum atomic E-state index is 0.197. The lowest BCUT2D eigenvalue weighted by Crippen LogP contribution is -2.40. The second-order valence-corrected chi connectivity index (χ2v) is 8.86. The summed E-state index contributed by atoms with van der Waals surface area (Å²) in [6.45, 7) is 4.73. The van der Waals surface area contributed by atoms with E-state index >= 15 is 0 Å². The molecule has 0 radical (unpaired) electrons. The lowest BCUT2D eigenvalue weighted by molar-refractivity contribution is -0.134. The lowest BCUT2D eigenvalue weighted by atomic mass is 9.92. The van der Waals surface area contributed by atoms with Gasteiger partial charge in [0, 0.05) is 51.1 Å². The van der Waals surface area contributed by atoms with E-state index in [2.05, 4.69) is 34.5 Å². The quantitative estimate of drug-likeness (QED) is 0.788.